The quantitative estimate of drug-likeness (QED) is 0.766. The number of nitrogens with zero attached hydrogens (tertiary/aromatic N) is 2. The topological polar surface area (TPSA) is 59.1 Å². The smallest absolute Gasteiger partial charge is 0.282 e. The van der Waals surface area contributed by atoms with Crippen molar-refractivity contribution in [3.8, 4) is 5.75 Å². The van der Waals surface area contributed by atoms with Gasteiger partial charge in [0.25, 0.3) is 11.8 Å². The van der Waals surface area contributed by atoms with Crippen LogP contribution in [0.4, 0.5) is 5.69 Å². The van der Waals surface area contributed by atoms with Gasteiger partial charge in [0.15, 0.2) is 0 Å². The summed E-state index contributed by atoms with van der Waals surface area (Å²) in [5.41, 5.74) is 2.90. The van der Waals surface area contributed by atoms with E-state index in [1.54, 1.807) is 19.2 Å². The van der Waals surface area contributed by atoms with Crippen LogP contribution in [0.5, 0.6) is 5.75 Å². The average molecular weight is 378 g/mol. The fourth-order valence-electron chi connectivity index (χ4n) is 3.73. The lowest BCUT2D eigenvalue weighted by Crippen LogP contribution is -2.40. The van der Waals surface area contributed by atoms with Gasteiger partial charge >= 0.3 is 0 Å². The van der Waals surface area contributed by atoms with Crippen LogP contribution in [0.3, 0.4) is 0 Å². The van der Waals surface area contributed by atoms with Gasteiger partial charge in [0.2, 0.25) is 0 Å². The molecule has 28 heavy (non-hydrogen) atoms. The largest absolute Gasteiger partial charge is 0.496 e. The van der Waals surface area contributed by atoms with Gasteiger partial charge in [-0.25, -0.2) is 4.90 Å². The number of para-hydroxylation sites is 2. The third-order valence-corrected chi connectivity index (χ3v) is 5.12. The third kappa shape index (κ3) is 2.96. The number of hydrogen-bond acceptors (Lipinski definition) is 5. The number of hydrogen-bond donors (Lipinski definition) is 0. The highest BCUT2D eigenvalue weighted by atomic mass is 16.5. The summed E-state index contributed by atoms with van der Waals surface area (Å²) in [4.78, 5) is 30.2. The molecule has 0 saturated carbocycles. The van der Waals surface area contributed by atoms with Crippen molar-refractivity contribution in [2.24, 2.45) is 0 Å². The van der Waals surface area contributed by atoms with Gasteiger partial charge in [0.1, 0.15) is 11.4 Å². The number of methoxy groups -OCH3 is 1. The van der Waals surface area contributed by atoms with E-state index in [9.17, 15) is 9.59 Å². The summed E-state index contributed by atoms with van der Waals surface area (Å²) in [6, 6.07) is 14.7. The summed E-state index contributed by atoms with van der Waals surface area (Å²) in [7, 11) is 1.56. The summed E-state index contributed by atoms with van der Waals surface area (Å²) in [5.74, 6) is -0.0663. The zero-order valence-corrected chi connectivity index (χ0v) is 16.0. The molecule has 2 aliphatic rings. The van der Waals surface area contributed by atoms with Crippen LogP contribution in [-0.2, 0) is 14.3 Å². The number of anilines is 1. The van der Waals surface area contributed by atoms with Gasteiger partial charge in [-0.15, -0.1) is 0 Å². The van der Waals surface area contributed by atoms with E-state index in [0.717, 1.165) is 5.56 Å². The Kier molecular flexibility index (Phi) is 4.88. The van der Waals surface area contributed by atoms with Crippen LogP contribution >= 0.6 is 0 Å². The van der Waals surface area contributed by atoms with E-state index in [-0.39, 0.29) is 11.8 Å². The van der Waals surface area contributed by atoms with E-state index in [4.69, 9.17) is 9.47 Å². The highest BCUT2D eigenvalue weighted by Crippen LogP contribution is 2.39. The number of carbonyl (C=O) groups excluding carboxylic acids is 2. The molecule has 2 aromatic carbocycles. The van der Waals surface area contributed by atoms with Crippen LogP contribution in [0.15, 0.2) is 54.2 Å². The van der Waals surface area contributed by atoms with E-state index < -0.39 is 0 Å². The molecule has 0 aromatic heterocycles. The number of rotatable bonds is 4. The first kappa shape index (κ1) is 18.3. The maximum atomic E-state index is 13.5. The lowest BCUT2D eigenvalue weighted by molar-refractivity contribution is -0.121. The SMILES string of the molecule is COc1ccccc1C1=C(N2CCOCC2)C(=O)N(c2ccccc2C)C1=O. The summed E-state index contributed by atoms with van der Waals surface area (Å²) in [6.45, 7) is 4.07. The van der Waals surface area contributed by atoms with Gasteiger partial charge in [-0.2, -0.15) is 0 Å². The van der Waals surface area contributed by atoms with Gasteiger partial charge in [-0.05, 0) is 24.6 Å². The van der Waals surface area contributed by atoms with E-state index >= 15 is 0 Å². The van der Waals surface area contributed by atoms with Crippen LogP contribution in [0, 0.1) is 6.92 Å². The fraction of sp³-hybridized carbons (Fsp3) is 0.273. The monoisotopic (exact) mass is 378 g/mol. The van der Waals surface area contributed by atoms with E-state index in [1.165, 1.54) is 4.90 Å². The number of imide groups is 1. The zero-order valence-electron chi connectivity index (χ0n) is 16.0. The second-order valence-corrected chi connectivity index (χ2v) is 6.76. The Morgan fingerprint density at radius 2 is 1.61 bits per heavy atom. The molecule has 0 aliphatic carbocycles. The fourth-order valence-corrected chi connectivity index (χ4v) is 3.73. The molecule has 1 saturated heterocycles. The van der Waals surface area contributed by atoms with Crippen molar-refractivity contribution in [3.63, 3.8) is 0 Å². The molecule has 2 aromatic rings. The highest BCUT2D eigenvalue weighted by Gasteiger charge is 2.43. The van der Waals surface area contributed by atoms with Crippen LogP contribution in [0.25, 0.3) is 5.57 Å². The molecule has 0 spiro atoms. The maximum Gasteiger partial charge on any atom is 0.282 e. The molecule has 0 radical (unpaired) electrons. The van der Waals surface area contributed by atoms with Gasteiger partial charge < -0.3 is 14.4 Å². The lowest BCUT2D eigenvalue weighted by Gasteiger charge is -2.29. The van der Waals surface area contributed by atoms with Crippen molar-refractivity contribution in [1.82, 2.24) is 4.90 Å². The molecule has 2 heterocycles. The van der Waals surface area contributed by atoms with Crippen molar-refractivity contribution >= 4 is 23.1 Å². The van der Waals surface area contributed by atoms with Gasteiger partial charge in [0, 0.05) is 18.7 Å². The van der Waals surface area contributed by atoms with Gasteiger partial charge in [0.05, 0.1) is 31.6 Å². The molecule has 2 amide bonds. The van der Waals surface area contributed by atoms with Crippen LogP contribution in [0.1, 0.15) is 11.1 Å². The first-order valence-electron chi connectivity index (χ1n) is 9.28. The minimum Gasteiger partial charge on any atom is -0.496 e. The minimum atomic E-state index is -0.328. The number of amides is 2. The normalized spacial score (nSPS) is 17.5. The predicted molar refractivity (Wildman–Crippen MR) is 106 cm³/mol. The molecule has 6 heteroatoms. The van der Waals surface area contributed by atoms with Crippen LogP contribution < -0.4 is 9.64 Å². The molecule has 0 bridgehead atoms. The predicted octanol–water partition coefficient (Wildman–Crippen LogP) is 2.62. The maximum absolute atomic E-state index is 13.5. The molecule has 0 atom stereocenters. The second-order valence-electron chi connectivity index (χ2n) is 6.76. The Hall–Kier alpha value is -3.12. The van der Waals surface area contributed by atoms with Crippen molar-refractivity contribution in [3.05, 3.63) is 65.4 Å². The zero-order chi connectivity index (χ0) is 19.7. The molecule has 144 valence electrons. The molecule has 0 unspecified atom stereocenters. The molecular formula is C22H22N2O4. The Morgan fingerprint density at radius 1 is 0.929 bits per heavy atom. The molecular weight excluding hydrogens is 356 g/mol. The van der Waals surface area contributed by atoms with E-state index in [0.29, 0.717) is 54.6 Å². The number of ether oxygens (including phenoxy) is 2. The number of morpholine rings is 1. The molecule has 0 N–H and O–H groups in total. The molecule has 4 rings (SSSR count). The number of carbonyl (C=O) groups is 2. The van der Waals surface area contributed by atoms with Crippen molar-refractivity contribution in [2.45, 2.75) is 6.92 Å². The average Bonchev–Trinajstić information content (AvgIpc) is 2.99. The second kappa shape index (κ2) is 7.48. The standard InChI is InChI=1S/C22H22N2O4/c1-15-7-3-5-9-17(15)24-21(25)19(16-8-4-6-10-18(16)27-2)20(22(24)26)23-11-13-28-14-12-23/h3-10H,11-14H2,1-2H3. The van der Waals surface area contributed by atoms with Gasteiger partial charge in [-0.1, -0.05) is 36.4 Å². The first-order valence-corrected chi connectivity index (χ1v) is 9.28. The first-order chi connectivity index (χ1) is 13.6. The van der Waals surface area contributed by atoms with Crippen molar-refractivity contribution in [2.75, 3.05) is 38.3 Å². The van der Waals surface area contributed by atoms with Crippen LogP contribution in [-0.4, -0.2) is 50.1 Å². The summed E-state index contributed by atoms with van der Waals surface area (Å²) < 4.78 is 10.9. The van der Waals surface area contributed by atoms with E-state index in [2.05, 4.69) is 0 Å². The number of aryl methyl sites for hydroxylation is 1. The Balaban J connectivity index is 1.89. The Bertz CT molecular complexity index is 961. The van der Waals surface area contributed by atoms with Crippen LogP contribution in [0.2, 0.25) is 0 Å². The third-order valence-electron chi connectivity index (χ3n) is 5.12. The van der Waals surface area contributed by atoms with Crippen molar-refractivity contribution < 1.29 is 19.1 Å². The summed E-state index contributed by atoms with van der Waals surface area (Å²) in [5, 5.41) is 0. The highest BCUT2D eigenvalue weighted by molar-refractivity contribution is 6.45. The molecule has 1 fully saturated rings. The Labute approximate surface area is 164 Å². The summed E-state index contributed by atoms with van der Waals surface area (Å²) >= 11 is 0. The van der Waals surface area contributed by atoms with Gasteiger partial charge in [-0.3, -0.25) is 9.59 Å². The Morgan fingerprint density at radius 3 is 2.32 bits per heavy atom. The lowest BCUT2D eigenvalue weighted by atomic mass is 10.0. The molecule has 2 aliphatic heterocycles. The number of benzene rings is 2. The molecule has 6 nitrogen and oxygen atoms in total. The van der Waals surface area contributed by atoms with Crippen molar-refractivity contribution in [1.29, 1.82) is 0 Å². The minimum absolute atomic E-state index is 0.304. The van der Waals surface area contributed by atoms with E-state index in [1.807, 2.05) is 48.2 Å². The summed E-state index contributed by atoms with van der Waals surface area (Å²) in [6.07, 6.45) is 0.